The van der Waals surface area contributed by atoms with Crippen molar-refractivity contribution in [1.29, 1.82) is 0 Å². The third kappa shape index (κ3) is 6.91. The molecule has 0 aliphatic carbocycles. The minimum Gasteiger partial charge on any atom is -0.369 e. The average molecular weight is 244 g/mol. The maximum Gasteiger partial charge on any atom is 0.236 e. The van der Waals surface area contributed by atoms with Crippen LogP contribution in [0.2, 0.25) is 0 Å². The van der Waals surface area contributed by atoms with E-state index >= 15 is 0 Å². The highest BCUT2D eigenvalue weighted by atomic mass is 16.2. The smallest absolute Gasteiger partial charge is 0.236 e. The van der Waals surface area contributed by atoms with Gasteiger partial charge < -0.3 is 16.4 Å². The summed E-state index contributed by atoms with van der Waals surface area (Å²) >= 11 is 0. The van der Waals surface area contributed by atoms with Gasteiger partial charge in [0.25, 0.3) is 0 Å². The molecule has 0 saturated carbocycles. The molecule has 0 radical (unpaired) electrons. The fourth-order valence-electron chi connectivity index (χ4n) is 1.37. The van der Waals surface area contributed by atoms with Gasteiger partial charge in [-0.3, -0.25) is 14.5 Å². The van der Waals surface area contributed by atoms with Crippen molar-refractivity contribution in [2.24, 2.45) is 11.5 Å². The van der Waals surface area contributed by atoms with E-state index in [1.165, 1.54) is 0 Å². The Morgan fingerprint density at radius 3 is 2.24 bits per heavy atom. The second-order valence-electron chi connectivity index (χ2n) is 4.42. The van der Waals surface area contributed by atoms with Crippen LogP contribution in [-0.4, -0.2) is 60.9 Å². The summed E-state index contributed by atoms with van der Waals surface area (Å²) in [5.41, 5.74) is 10.5. The van der Waals surface area contributed by atoms with Gasteiger partial charge in [-0.15, -0.1) is 0 Å². The van der Waals surface area contributed by atoms with E-state index < -0.39 is 5.91 Å². The second-order valence-corrected chi connectivity index (χ2v) is 4.42. The molecule has 0 spiro atoms. The topological polar surface area (TPSA) is 92.7 Å². The zero-order valence-corrected chi connectivity index (χ0v) is 11.0. The molecule has 0 saturated heterocycles. The van der Waals surface area contributed by atoms with Crippen molar-refractivity contribution in [2.75, 3.05) is 33.2 Å². The lowest BCUT2D eigenvalue weighted by molar-refractivity contribution is -0.132. The number of rotatable bonds is 8. The molecule has 0 fully saturated rings. The Hall–Kier alpha value is -1.14. The number of nitrogens with two attached hydrogens (primary N) is 2. The molecular weight excluding hydrogens is 220 g/mol. The van der Waals surface area contributed by atoms with Gasteiger partial charge in [0.1, 0.15) is 0 Å². The van der Waals surface area contributed by atoms with Crippen LogP contribution in [0.5, 0.6) is 0 Å². The van der Waals surface area contributed by atoms with Crippen molar-refractivity contribution in [3.8, 4) is 0 Å². The Balaban J connectivity index is 4.24. The number of carbonyl (C=O) groups excluding carboxylic acids is 2. The van der Waals surface area contributed by atoms with Crippen LogP contribution < -0.4 is 11.5 Å². The molecule has 0 aromatic rings. The highest BCUT2D eigenvalue weighted by molar-refractivity contribution is 5.80. The number of hydrogen-bond donors (Lipinski definition) is 2. The summed E-state index contributed by atoms with van der Waals surface area (Å²) in [5.74, 6) is -0.440. The van der Waals surface area contributed by atoms with Gasteiger partial charge in [0.2, 0.25) is 11.8 Å². The Bertz CT molecular complexity index is 256. The van der Waals surface area contributed by atoms with Crippen molar-refractivity contribution >= 4 is 11.8 Å². The first-order valence-electron chi connectivity index (χ1n) is 5.84. The zero-order chi connectivity index (χ0) is 13.4. The van der Waals surface area contributed by atoms with Crippen LogP contribution in [0.1, 0.15) is 20.3 Å². The summed E-state index contributed by atoms with van der Waals surface area (Å²) in [7, 11) is 1.74. The molecule has 0 heterocycles. The third-order valence-electron chi connectivity index (χ3n) is 2.55. The van der Waals surface area contributed by atoms with Crippen LogP contribution in [0.15, 0.2) is 0 Å². The largest absolute Gasteiger partial charge is 0.369 e. The summed E-state index contributed by atoms with van der Waals surface area (Å²) in [6.45, 7) is 5.37. The maximum absolute atomic E-state index is 11.8. The molecule has 0 aromatic heterocycles. The van der Waals surface area contributed by atoms with Gasteiger partial charge in [-0.25, -0.2) is 0 Å². The van der Waals surface area contributed by atoms with E-state index in [1.54, 1.807) is 16.8 Å². The van der Waals surface area contributed by atoms with Gasteiger partial charge in [0.15, 0.2) is 0 Å². The van der Waals surface area contributed by atoms with Gasteiger partial charge in [-0.05, 0) is 26.8 Å². The normalized spacial score (nSPS) is 10.9. The first kappa shape index (κ1) is 15.9. The lowest BCUT2D eigenvalue weighted by Crippen LogP contribution is -2.45. The van der Waals surface area contributed by atoms with Crippen LogP contribution in [0.4, 0.5) is 0 Å². The van der Waals surface area contributed by atoms with E-state index in [2.05, 4.69) is 0 Å². The van der Waals surface area contributed by atoms with Crippen LogP contribution >= 0.6 is 0 Å². The molecule has 0 aromatic carbocycles. The molecule has 6 heteroatoms. The van der Waals surface area contributed by atoms with Crippen molar-refractivity contribution in [1.82, 2.24) is 9.80 Å². The lowest BCUT2D eigenvalue weighted by atomic mass is 10.3. The first-order valence-corrected chi connectivity index (χ1v) is 5.84. The quantitative estimate of drug-likeness (QED) is 0.572. The van der Waals surface area contributed by atoms with E-state index in [1.807, 2.05) is 13.8 Å². The number of primary amides is 1. The van der Waals surface area contributed by atoms with Gasteiger partial charge in [0.05, 0.1) is 13.1 Å². The molecule has 0 unspecified atom stereocenters. The van der Waals surface area contributed by atoms with Crippen LogP contribution in [-0.2, 0) is 9.59 Å². The molecule has 17 heavy (non-hydrogen) atoms. The molecule has 0 rings (SSSR count). The predicted octanol–water partition coefficient (Wildman–Crippen LogP) is -1.01. The molecule has 0 aliphatic rings. The van der Waals surface area contributed by atoms with E-state index in [-0.39, 0.29) is 25.0 Å². The molecular formula is C11H24N4O2. The number of likely N-dealkylation sites (N-methyl/N-ethyl adjacent to an activating group) is 1. The van der Waals surface area contributed by atoms with Gasteiger partial charge in [-0.2, -0.15) is 0 Å². The van der Waals surface area contributed by atoms with E-state index in [0.717, 1.165) is 6.42 Å². The van der Waals surface area contributed by atoms with Crippen molar-refractivity contribution < 1.29 is 9.59 Å². The van der Waals surface area contributed by atoms with E-state index in [0.29, 0.717) is 13.1 Å². The van der Waals surface area contributed by atoms with Crippen LogP contribution in [0, 0.1) is 0 Å². The number of hydrogen-bond acceptors (Lipinski definition) is 4. The third-order valence-corrected chi connectivity index (χ3v) is 2.55. The van der Waals surface area contributed by atoms with Gasteiger partial charge in [0, 0.05) is 19.6 Å². The Labute approximate surface area is 103 Å². The molecule has 6 nitrogen and oxygen atoms in total. The molecule has 0 bridgehead atoms. The fourth-order valence-corrected chi connectivity index (χ4v) is 1.37. The Morgan fingerprint density at radius 2 is 1.82 bits per heavy atom. The van der Waals surface area contributed by atoms with Gasteiger partial charge >= 0.3 is 0 Å². The molecule has 4 N–H and O–H groups in total. The fraction of sp³-hybridized carbons (Fsp3) is 0.818. The van der Waals surface area contributed by atoms with Crippen LogP contribution in [0.25, 0.3) is 0 Å². The number of carbonyl (C=O) groups is 2. The first-order chi connectivity index (χ1) is 7.88. The monoisotopic (exact) mass is 244 g/mol. The zero-order valence-electron chi connectivity index (χ0n) is 11.0. The summed E-state index contributed by atoms with van der Waals surface area (Å²) < 4.78 is 0. The number of nitrogens with zero attached hydrogens (tertiary/aromatic N) is 2. The second kappa shape index (κ2) is 8.03. The molecule has 2 amide bonds. The summed E-state index contributed by atoms with van der Waals surface area (Å²) in [6.07, 6.45) is 0.778. The Morgan fingerprint density at radius 1 is 1.24 bits per heavy atom. The minimum atomic E-state index is -0.420. The summed E-state index contributed by atoms with van der Waals surface area (Å²) in [5, 5.41) is 0. The molecule has 100 valence electrons. The highest BCUT2D eigenvalue weighted by Gasteiger charge is 2.18. The average Bonchev–Trinajstić information content (AvgIpc) is 2.23. The van der Waals surface area contributed by atoms with Crippen LogP contribution in [0.3, 0.4) is 0 Å². The molecule has 0 aliphatic heterocycles. The molecule has 0 atom stereocenters. The van der Waals surface area contributed by atoms with Crippen molar-refractivity contribution in [3.63, 3.8) is 0 Å². The van der Waals surface area contributed by atoms with E-state index in [4.69, 9.17) is 11.5 Å². The predicted molar refractivity (Wildman–Crippen MR) is 67.2 cm³/mol. The van der Waals surface area contributed by atoms with E-state index in [9.17, 15) is 9.59 Å². The highest BCUT2D eigenvalue weighted by Crippen LogP contribution is 1.99. The van der Waals surface area contributed by atoms with Crippen molar-refractivity contribution in [2.45, 2.75) is 26.3 Å². The Kier molecular flexibility index (Phi) is 7.49. The maximum atomic E-state index is 11.8. The van der Waals surface area contributed by atoms with Gasteiger partial charge in [-0.1, -0.05) is 0 Å². The standard InChI is InChI=1S/C11H24N4O2/c1-9(2)15(7-10(13)16)8-11(17)14(3)6-4-5-12/h9H,4-8,12H2,1-3H3,(H2,13,16). The number of amides is 2. The van der Waals surface area contributed by atoms with Crippen molar-refractivity contribution in [3.05, 3.63) is 0 Å². The lowest BCUT2D eigenvalue weighted by Gasteiger charge is -2.27. The summed E-state index contributed by atoms with van der Waals surface area (Å²) in [4.78, 5) is 26.1. The summed E-state index contributed by atoms with van der Waals surface area (Å²) in [6, 6.07) is 0.106. The minimum absolute atomic E-state index is 0.0200. The SMILES string of the molecule is CC(C)N(CC(N)=O)CC(=O)N(C)CCCN.